The third-order valence-corrected chi connectivity index (χ3v) is 3.04. The molecule has 13 heavy (non-hydrogen) atoms. The molecule has 0 fully saturated rings. The lowest BCUT2D eigenvalue weighted by Gasteiger charge is -2.06. The summed E-state index contributed by atoms with van der Waals surface area (Å²) in [7, 11) is 0. The van der Waals surface area contributed by atoms with E-state index in [9.17, 15) is 4.79 Å². The molecule has 1 aliphatic rings. The van der Waals surface area contributed by atoms with Crippen molar-refractivity contribution in [2.24, 2.45) is 0 Å². The van der Waals surface area contributed by atoms with E-state index in [1.54, 1.807) is 0 Å². The van der Waals surface area contributed by atoms with Gasteiger partial charge < -0.3 is 5.32 Å². The molecule has 1 aromatic carbocycles. The lowest BCUT2D eigenvalue weighted by molar-refractivity contribution is -0.121. The number of rotatable bonds is 0. The number of amides is 1. The van der Waals surface area contributed by atoms with Crippen molar-refractivity contribution in [3.05, 3.63) is 33.8 Å². The van der Waals surface area contributed by atoms with Gasteiger partial charge in [-0.1, -0.05) is 28.1 Å². The maximum absolute atomic E-state index is 11.1. The third kappa shape index (κ3) is 1.75. The highest BCUT2D eigenvalue weighted by Gasteiger charge is 2.13. The molecule has 1 aliphatic heterocycles. The van der Waals surface area contributed by atoms with Gasteiger partial charge in [-0.2, -0.15) is 0 Å². The molecule has 0 saturated heterocycles. The van der Waals surface area contributed by atoms with Crippen LogP contribution >= 0.6 is 15.9 Å². The maximum Gasteiger partial charge on any atom is 0.220 e. The topological polar surface area (TPSA) is 29.1 Å². The fourth-order valence-corrected chi connectivity index (χ4v) is 2.11. The Morgan fingerprint density at radius 2 is 2.15 bits per heavy atom. The minimum atomic E-state index is 0.142. The molecule has 0 spiro atoms. The van der Waals surface area contributed by atoms with Gasteiger partial charge in [0.15, 0.2) is 0 Å². The molecule has 1 heterocycles. The second-order valence-corrected chi connectivity index (χ2v) is 4.01. The molecule has 1 amide bonds. The molecule has 0 radical (unpaired) electrons. The number of benzene rings is 1. The molecule has 3 heteroatoms. The Morgan fingerprint density at radius 1 is 1.31 bits per heavy atom. The van der Waals surface area contributed by atoms with Gasteiger partial charge in [0, 0.05) is 17.4 Å². The van der Waals surface area contributed by atoms with Crippen molar-refractivity contribution >= 4 is 21.8 Å². The highest BCUT2D eigenvalue weighted by atomic mass is 79.9. The lowest BCUT2D eigenvalue weighted by atomic mass is 10.0. The second-order valence-electron chi connectivity index (χ2n) is 3.15. The van der Waals surface area contributed by atoms with Gasteiger partial charge in [-0.3, -0.25) is 4.79 Å². The van der Waals surface area contributed by atoms with Crippen molar-refractivity contribution < 1.29 is 4.79 Å². The Bertz CT molecular complexity index is 349. The fourth-order valence-electron chi connectivity index (χ4n) is 1.56. The van der Waals surface area contributed by atoms with E-state index in [4.69, 9.17) is 0 Å². The van der Waals surface area contributed by atoms with Gasteiger partial charge >= 0.3 is 0 Å². The summed E-state index contributed by atoms with van der Waals surface area (Å²) in [4.78, 5) is 11.1. The van der Waals surface area contributed by atoms with Crippen LogP contribution in [0.2, 0.25) is 0 Å². The van der Waals surface area contributed by atoms with Crippen LogP contribution in [0.4, 0.5) is 0 Å². The molecule has 68 valence electrons. The smallest absolute Gasteiger partial charge is 0.220 e. The second kappa shape index (κ2) is 3.50. The first-order chi connectivity index (χ1) is 6.27. The van der Waals surface area contributed by atoms with Crippen molar-refractivity contribution in [2.45, 2.75) is 19.4 Å². The Labute approximate surface area is 85.5 Å². The van der Waals surface area contributed by atoms with E-state index in [1.807, 2.05) is 12.1 Å². The maximum atomic E-state index is 11.1. The number of halogens is 1. The predicted molar refractivity (Wildman–Crippen MR) is 54.3 cm³/mol. The molecular weight excluding hydrogens is 230 g/mol. The molecule has 0 atom stereocenters. The van der Waals surface area contributed by atoms with E-state index in [-0.39, 0.29) is 5.91 Å². The average molecular weight is 240 g/mol. The van der Waals surface area contributed by atoms with Crippen LogP contribution in [-0.2, 0) is 17.8 Å². The zero-order valence-electron chi connectivity index (χ0n) is 7.14. The van der Waals surface area contributed by atoms with E-state index in [0.29, 0.717) is 13.0 Å². The van der Waals surface area contributed by atoms with Crippen molar-refractivity contribution in [1.82, 2.24) is 5.32 Å². The molecule has 0 saturated carbocycles. The molecule has 0 bridgehead atoms. The molecule has 2 nitrogen and oxygen atoms in total. The van der Waals surface area contributed by atoms with Gasteiger partial charge in [-0.25, -0.2) is 0 Å². The summed E-state index contributed by atoms with van der Waals surface area (Å²) in [5, 5.41) is 2.87. The van der Waals surface area contributed by atoms with Gasteiger partial charge in [-0.05, 0) is 23.6 Å². The van der Waals surface area contributed by atoms with Crippen molar-refractivity contribution in [1.29, 1.82) is 0 Å². The van der Waals surface area contributed by atoms with Crippen LogP contribution in [0.3, 0.4) is 0 Å². The quantitative estimate of drug-likeness (QED) is 0.738. The minimum absolute atomic E-state index is 0.142. The van der Waals surface area contributed by atoms with Crippen LogP contribution in [0.1, 0.15) is 17.5 Å². The summed E-state index contributed by atoms with van der Waals surface area (Å²) in [6.45, 7) is 0.648. The zero-order valence-corrected chi connectivity index (χ0v) is 8.73. The molecule has 2 rings (SSSR count). The van der Waals surface area contributed by atoms with E-state index in [0.717, 1.165) is 10.9 Å². The van der Waals surface area contributed by atoms with Gasteiger partial charge in [0.05, 0.1) is 0 Å². The predicted octanol–water partition coefficient (Wildman–Crippen LogP) is 2.01. The van der Waals surface area contributed by atoms with Crippen LogP contribution in [0.15, 0.2) is 22.7 Å². The number of hydrogen-bond donors (Lipinski definition) is 1. The monoisotopic (exact) mass is 239 g/mol. The number of carbonyl (C=O) groups is 1. The highest BCUT2D eigenvalue weighted by Crippen LogP contribution is 2.23. The number of hydrogen-bond acceptors (Lipinski definition) is 1. The number of nitrogens with one attached hydrogen (secondary N) is 1. The van der Waals surface area contributed by atoms with Crippen LogP contribution in [-0.4, -0.2) is 5.91 Å². The van der Waals surface area contributed by atoms with Gasteiger partial charge in [-0.15, -0.1) is 0 Å². The lowest BCUT2D eigenvalue weighted by Crippen LogP contribution is -2.20. The molecule has 0 unspecified atom stereocenters. The van der Waals surface area contributed by atoms with Crippen LogP contribution < -0.4 is 5.32 Å². The molecule has 1 aromatic rings. The molecule has 0 aliphatic carbocycles. The Hall–Kier alpha value is -0.830. The first-order valence-corrected chi connectivity index (χ1v) is 5.09. The largest absolute Gasteiger partial charge is 0.352 e. The Kier molecular flexibility index (Phi) is 2.36. The Balaban J connectivity index is 2.40. The van der Waals surface area contributed by atoms with Gasteiger partial charge in [0.1, 0.15) is 0 Å². The summed E-state index contributed by atoms with van der Waals surface area (Å²) in [5.74, 6) is 0.142. The van der Waals surface area contributed by atoms with Crippen molar-refractivity contribution in [3.63, 3.8) is 0 Å². The Morgan fingerprint density at radius 3 is 3.00 bits per heavy atom. The van der Waals surface area contributed by atoms with Crippen molar-refractivity contribution in [2.75, 3.05) is 0 Å². The van der Waals surface area contributed by atoms with E-state index < -0.39 is 0 Å². The summed E-state index contributed by atoms with van der Waals surface area (Å²) in [6.07, 6.45) is 1.45. The zero-order chi connectivity index (χ0) is 9.26. The van der Waals surface area contributed by atoms with Crippen LogP contribution in [0, 0.1) is 0 Å². The van der Waals surface area contributed by atoms with E-state index in [1.165, 1.54) is 11.1 Å². The highest BCUT2D eigenvalue weighted by molar-refractivity contribution is 9.10. The molecule has 0 aromatic heterocycles. The van der Waals surface area contributed by atoms with E-state index in [2.05, 4.69) is 27.3 Å². The number of aryl methyl sites for hydroxylation is 1. The van der Waals surface area contributed by atoms with Gasteiger partial charge in [0.2, 0.25) is 5.91 Å². The number of fused-ring (bicyclic) bond motifs is 1. The third-order valence-electron chi connectivity index (χ3n) is 2.30. The standard InChI is InChI=1S/C10H10BrNO/c11-9-3-1-2-7-4-5-10(13)12-6-8(7)9/h1-3H,4-6H2,(H,12,13). The van der Waals surface area contributed by atoms with Crippen LogP contribution in [0.5, 0.6) is 0 Å². The van der Waals surface area contributed by atoms with Gasteiger partial charge in [0.25, 0.3) is 0 Å². The SMILES string of the molecule is O=C1CCc2cccc(Br)c2CN1. The van der Waals surface area contributed by atoms with E-state index >= 15 is 0 Å². The summed E-state index contributed by atoms with van der Waals surface area (Å²) in [5.41, 5.74) is 2.49. The number of carbonyl (C=O) groups excluding carboxylic acids is 1. The van der Waals surface area contributed by atoms with Crippen LogP contribution in [0.25, 0.3) is 0 Å². The summed E-state index contributed by atoms with van der Waals surface area (Å²) < 4.78 is 1.09. The fraction of sp³-hybridized carbons (Fsp3) is 0.300. The first-order valence-electron chi connectivity index (χ1n) is 4.30. The molecular formula is C10H10BrNO. The van der Waals surface area contributed by atoms with Crippen molar-refractivity contribution in [3.8, 4) is 0 Å². The normalized spacial score (nSPS) is 15.9. The summed E-state index contributed by atoms with van der Waals surface area (Å²) in [6, 6.07) is 6.11. The minimum Gasteiger partial charge on any atom is -0.352 e. The average Bonchev–Trinajstić information content (AvgIpc) is 2.30. The summed E-state index contributed by atoms with van der Waals surface area (Å²) >= 11 is 3.49. The first kappa shape index (κ1) is 8.75. The molecule has 1 N–H and O–H groups in total.